The first-order valence-corrected chi connectivity index (χ1v) is 9.77. The monoisotopic (exact) mass is 352 g/mol. The van der Waals surface area contributed by atoms with Gasteiger partial charge in [-0.1, -0.05) is 43.7 Å². The van der Waals surface area contributed by atoms with Gasteiger partial charge in [0.25, 0.3) is 0 Å². The minimum Gasteiger partial charge on any atom is -0.336 e. The van der Waals surface area contributed by atoms with Gasteiger partial charge in [0.05, 0.1) is 23.8 Å². The summed E-state index contributed by atoms with van der Waals surface area (Å²) in [5.74, 6) is 0.311. The number of aromatic nitrogens is 2. The maximum atomic E-state index is 12.3. The molecule has 26 heavy (non-hydrogen) atoms. The summed E-state index contributed by atoms with van der Waals surface area (Å²) in [5.41, 5.74) is 3.42. The van der Waals surface area contributed by atoms with Crippen LogP contribution in [0.25, 0.3) is 0 Å². The first-order chi connectivity index (χ1) is 12.6. The van der Waals surface area contributed by atoms with Crippen LogP contribution < -0.4 is 5.32 Å². The molecule has 138 valence electrons. The van der Waals surface area contributed by atoms with E-state index in [9.17, 15) is 4.79 Å². The van der Waals surface area contributed by atoms with Gasteiger partial charge in [0, 0.05) is 31.3 Å². The highest BCUT2D eigenvalue weighted by Crippen LogP contribution is 2.41. The highest BCUT2D eigenvalue weighted by atomic mass is 16.2. The van der Waals surface area contributed by atoms with Gasteiger partial charge in [0.15, 0.2) is 0 Å². The zero-order valence-electron chi connectivity index (χ0n) is 15.7. The van der Waals surface area contributed by atoms with E-state index in [-0.39, 0.29) is 11.6 Å². The van der Waals surface area contributed by atoms with Crippen molar-refractivity contribution in [3.63, 3.8) is 0 Å². The largest absolute Gasteiger partial charge is 0.336 e. The number of benzene rings is 1. The second kappa shape index (κ2) is 6.88. The second-order valence-corrected chi connectivity index (χ2v) is 7.60. The van der Waals surface area contributed by atoms with Gasteiger partial charge in [0.2, 0.25) is 5.91 Å². The Labute approximate surface area is 155 Å². The summed E-state index contributed by atoms with van der Waals surface area (Å²) in [7, 11) is 0. The number of hydrogen-bond acceptors (Lipinski definition) is 3. The Morgan fingerprint density at radius 1 is 1.31 bits per heavy atom. The number of carbonyl (C=O) groups excluding carboxylic acids is 1. The molecule has 0 aliphatic carbocycles. The molecular weight excluding hydrogens is 324 g/mol. The van der Waals surface area contributed by atoms with Crippen molar-refractivity contribution in [1.82, 2.24) is 20.0 Å². The average molecular weight is 352 g/mol. The molecule has 2 unspecified atom stereocenters. The van der Waals surface area contributed by atoms with Gasteiger partial charge in [-0.3, -0.25) is 9.48 Å². The zero-order chi connectivity index (χ0) is 18.1. The fourth-order valence-corrected chi connectivity index (χ4v) is 4.91. The molecule has 0 spiro atoms. The van der Waals surface area contributed by atoms with E-state index in [1.165, 1.54) is 11.1 Å². The van der Waals surface area contributed by atoms with Gasteiger partial charge in [-0.15, -0.1) is 0 Å². The third-order valence-corrected chi connectivity index (χ3v) is 5.95. The number of nitrogens with zero attached hydrogens (tertiary/aromatic N) is 3. The van der Waals surface area contributed by atoms with Crippen molar-refractivity contribution in [2.24, 2.45) is 0 Å². The summed E-state index contributed by atoms with van der Waals surface area (Å²) in [6.07, 6.45) is 5.93. The van der Waals surface area contributed by atoms with Crippen molar-refractivity contribution in [2.45, 2.75) is 57.7 Å². The van der Waals surface area contributed by atoms with Crippen LogP contribution in [0, 0.1) is 6.92 Å². The lowest BCUT2D eigenvalue weighted by atomic mass is 9.76. The van der Waals surface area contributed by atoms with Gasteiger partial charge in [-0.25, -0.2) is 0 Å². The average Bonchev–Trinajstić information content (AvgIpc) is 3.20. The van der Waals surface area contributed by atoms with Crippen LogP contribution >= 0.6 is 0 Å². The van der Waals surface area contributed by atoms with Crippen molar-refractivity contribution in [2.75, 3.05) is 13.1 Å². The number of hydrogen-bond donors (Lipinski definition) is 1. The molecular formula is C21H28N4O. The van der Waals surface area contributed by atoms with Crippen LogP contribution in [0.3, 0.4) is 0 Å². The molecule has 1 amide bonds. The zero-order valence-corrected chi connectivity index (χ0v) is 15.7. The molecule has 0 radical (unpaired) electrons. The molecule has 2 aromatic rings. The van der Waals surface area contributed by atoms with Crippen LogP contribution in [0.1, 0.15) is 49.4 Å². The van der Waals surface area contributed by atoms with Crippen LogP contribution in [-0.2, 0) is 16.9 Å². The molecule has 2 aliphatic rings. The molecule has 1 aromatic carbocycles. The third-order valence-electron chi connectivity index (χ3n) is 5.95. The summed E-state index contributed by atoms with van der Waals surface area (Å²) in [5, 5.41) is 8.63. The van der Waals surface area contributed by atoms with Crippen LogP contribution in [0.5, 0.6) is 0 Å². The first kappa shape index (κ1) is 17.3. The number of rotatable bonds is 5. The molecule has 2 saturated heterocycles. The van der Waals surface area contributed by atoms with Crippen molar-refractivity contribution < 1.29 is 4.79 Å². The summed E-state index contributed by atoms with van der Waals surface area (Å²) >= 11 is 0. The Hall–Kier alpha value is -2.14. The molecule has 2 atom stereocenters. The molecule has 2 aliphatic heterocycles. The van der Waals surface area contributed by atoms with E-state index in [0.29, 0.717) is 12.3 Å². The van der Waals surface area contributed by atoms with Gasteiger partial charge in [0.1, 0.15) is 0 Å². The molecule has 3 heterocycles. The maximum Gasteiger partial charge on any atom is 0.223 e. The number of aryl methyl sites for hydroxylation is 1. The lowest BCUT2D eigenvalue weighted by molar-refractivity contribution is -0.131. The minimum atomic E-state index is -0.168. The molecule has 0 bridgehead atoms. The van der Waals surface area contributed by atoms with Crippen molar-refractivity contribution in [3.8, 4) is 0 Å². The Morgan fingerprint density at radius 2 is 2.12 bits per heavy atom. The number of piperazine rings is 1. The van der Waals surface area contributed by atoms with Crippen LogP contribution in [0.15, 0.2) is 36.5 Å². The fourth-order valence-electron chi connectivity index (χ4n) is 4.91. The Balaban J connectivity index is 1.70. The van der Waals surface area contributed by atoms with E-state index >= 15 is 0 Å². The lowest BCUT2D eigenvalue weighted by Gasteiger charge is -2.48. The summed E-state index contributed by atoms with van der Waals surface area (Å²) in [6.45, 7) is 6.78. The standard InChI is InChI=1S/C21H28N4O/c1-3-11-21(19-9-10-20(26)25(19)13-12-22-21)18-15-24(23-16(18)2)14-17-7-5-4-6-8-17/h4-8,15,19,22H,3,9-14H2,1-2H3. The van der Waals surface area contributed by atoms with E-state index in [0.717, 1.165) is 44.6 Å². The van der Waals surface area contributed by atoms with E-state index < -0.39 is 0 Å². The van der Waals surface area contributed by atoms with Crippen LogP contribution in [-0.4, -0.2) is 39.7 Å². The number of nitrogens with one attached hydrogen (secondary N) is 1. The summed E-state index contributed by atoms with van der Waals surface area (Å²) < 4.78 is 2.05. The SMILES string of the molecule is CCCC1(c2cn(Cc3ccccc3)nc2C)NCCN2C(=O)CCC21. The lowest BCUT2D eigenvalue weighted by Crippen LogP contribution is -2.63. The Kier molecular flexibility index (Phi) is 4.57. The topological polar surface area (TPSA) is 50.2 Å². The van der Waals surface area contributed by atoms with Crippen LogP contribution in [0.2, 0.25) is 0 Å². The molecule has 1 N–H and O–H groups in total. The third kappa shape index (κ3) is 2.84. The highest BCUT2D eigenvalue weighted by Gasteiger charge is 2.50. The van der Waals surface area contributed by atoms with Crippen molar-refractivity contribution >= 4 is 5.91 Å². The second-order valence-electron chi connectivity index (χ2n) is 7.60. The number of amides is 1. The van der Waals surface area contributed by atoms with E-state index in [2.05, 4.69) is 59.2 Å². The highest BCUT2D eigenvalue weighted by molar-refractivity contribution is 5.79. The molecule has 2 fully saturated rings. The predicted octanol–water partition coefficient (Wildman–Crippen LogP) is 2.83. The molecule has 5 nitrogen and oxygen atoms in total. The van der Waals surface area contributed by atoms with E-state index in [4.69, 9.17) is 5.10 Å². The Morgan fingerprint density at radius 3 is 2.88 bits per heavy atom. The molecule has 0 saturated carbocycles. The smallest absolute Gasteiger partial charge is 0.223 e. The van der Waals surface area contributed by atoms with E-state index in [1.54, 1.807) is 0 Å². The minimum absolute atomic E-state index is 0.168. The van der Waals surface area contributed by atoms with Crippen LogP contribution in [0.4, 0.5) is 0 Å². The maximum absolute atomic E-state index is 12.3. The van der Waals surface area contributed by atoms with Crippen molar-refractivity contribution in [3.05, 3.63) is 53.3 Å². The summed E-state index contributed by atoms with van der Waals surface area (Å²) in [4.78, 5) is 14.5. The van der Waals surface area contributed by atoms with Crippen molar-refractivity contribution in [1.29, 1.82) is 0 Å². The van der Waals surface area contributed by atoms with Gasteiger partial charge < -0.3 is 10.2 Å². The number of fused-ring (bicyclic) bond motifs is 1. The van der Waals surface area contributed by atoms with Gasteiger partial charge >= 0.3 is 0 Å². The van der Waals surface area contributed by atoms with E-state index in [1.807, 2.05) is 6.07 Å². The van der Waals surface area contributed by atoms with Gasteiger partial charge in [-0.05, 0) is 25.3 Å². The first-order valence-electron chi connectivity index (χ1n) is 9.77. The molecule has 5 heteroatoms. The molecule has 1 aromatic heterocycles. The fraction of sp³-hybridized carbons (Fsp3) is 0.524. The normalized spacial score (nSPS) is 25.5. The quantitative estimate of drug-likeness (QED) is 0.900. The molecule has 4 rings (SSSR count). The number of carbonyl (C=O) groups is 1. The summed E-state index contributed by atoms with van der Waals surface area (Å²) in [6, 6.07) is 10.7. The Bertz CT molecular complexity index is 781. The van der Waals surface area contributed by atoms with Gasteiger partial charge in [-0.2, -0.15) is 5.10 Å². The predicted molar refractivity (Wildman–Crippen MR) is 102 cm³/mol.